The van der Waals surface area contributed by atoms with Crippen molar-refractivity contribution in [3.05, 3.63) is 34.8 Å². The van der Waals surface area contributed by atoms with Crippen LogP contribution in [0.4, 0.5) is 5.13 Å². The van der Waals surface area contributed by atoms with Crippen LogP contribution in [0.15, 0.2) is 24.3 Å². The number of nitrogens with one attached hydrogen (secondary N) is 1. The summed E-state index contributed by atoms with van der Waals surface area (Å²) >= 11 is 1.43. The maximum atomic E-state index is 12.3. The van der Waals surface area contributed by atoms with Gasteiger partial charge < -0.3 is 4.74 Å². The molecule has 7 heteroatoms. The van der Waals surface area contributed by atoms with E-state index in [1.54, 1.807) is 25.3 Å². The maximum absolute atomic E-state index is 12.3. The molecule has 1 N–H and O–H groups in total. The highest BCUT2D eigenvalue weighted by Gasteiger charge is 2.16. The molecule has 2 aromatic rings. The number of nitrogens with zero attached hydrogens (tertiary/aromatic N) is 3. The Morgan fingerprint density at radius 1 is 1.26 bits per heavy atom. The summed E-state index contributed by atoms with van der Waals surface area (Å²) in [7, 11) is 1.55. The molecule has 2 heterocycles. The number of likely N-dealkylation sites (tertiary alicyclic amines) is 1. The fourth-order valence-corrected chi connectivity index (χ4v) is 3.45. The lowest BCUT2D eigenvalue weighted by Gasteiger charge is -2.24. The van der Waals surface area contributed by atoms with E-state index in [1.807, 2.05) is 6.07 Å². The fraction of sp³-hybridized carbons (Fsp3) is 0.438. The number of rotatable bonds is 5. The van der Waals surface area contributed by atoms with Crippen LogP contribution in [0.3, 0.4) is 0 Å². The van der Waals surface area contributed by atoms with Crippen LogP contribution >= 0.6 is 11.3 Å². The molecule has 0 radical (unpaired) electrons. The van der Waals surface area contributed by atoms with Crippen LogP contribution in [0.2, 0.25) is 0 Å². The van der Waals surface area contributed by atoms with Crippen molar-refractivity contribution >= 4 is 22.4 Å². The molecule has 122 valence electrons. The molecule has 1 aliphatic rings. The molecule has 1 saturated heterocycles. The average Bonchev–Trinajstić information content (AvgIpc) is 3.02. The van der Waals surface area contributed by atoms with Crippen molar-refractivity contribution in [2.75, 3.05) is 25.5 Å². The Labute approximate surface area is 139 Å². The zero-order valence-corrected chi connectivity index (χ0v) is 13.9. The van der Waals surface area contributed by atoms with Gasteiger partial charge in [-0.1, -0.05) is 29.9 Å². The third kappa shape index (κ3) is 4.05. The first-order chi connectivity index (χ1) is 11.3. The van der Waals surface area contributed by atoms with Gasteiger partial charge in [0, 0.05) is 0 Å². The zero-order chi connectivity index (χ0) is 16.1. The van der Waals surface area contributed by atoms with Crippen molar-refractivity contribution in [3.63, 3.8) is 0 Å². The van der Waals surface area contributed by atoms with Gasteiger partial charge >= 0.3 is 0 Å². The largest absolute Gasteiger partial charge is 0.496 e. The molecule has 0 unspecified atom stereocenters. The number of carbonyl (C=O) groups excluding carboxylic acids is 1. The highest BCUT2D eigenvalue weighted by molar-refractivity contribution is 7.15. The van der Waals surface area contributed by atoms with Crippen LogP contribution in [-0.2, 0) is 6.54 Å². The topological polar surface area (TPSA) is 67.3 Å². The summed E-state index contributed by atoms with van der Waals surface area (Å²) in [6, 6.07) is 7.12. The van der Waals surface area contributed by atoms with Crippen molar-refractivity contribution in [1.82, 2.24) is 15.1 Å². The van der Waals surface area contributed by atoms with E-state index >= 15 is 0 Å². The van der Waals surface area contributed by atoms with Gasteiger partial charge in [-0.3, -0.25) is 15.0 Å². The molecule has 6 nitrogen and oxygen atoms in total. The second kappa shape index (κ2) is 7.52. The van der Waals surface area contributed by atoms with Gasteiger partial charge in [0.05, 0.1) is 19.2 Å². The summed E-state index contributed by atoms with van der Waals surface area (Å²) in [5.74, 6) is 0.311. The number of hydrogen-bond acceptors (Lipinski definition) is 6. The minimum absolute atomic E-state index is 0.233. The number of para-hydroxylation sites is 1. The summed E-state index contributed by atoms with van der Waals surface area (Å²) in [4.78, 5) is 14.7. The number of anilines is 1. The lowest BCUT2D eigenvalue weighted by molar-refractivity contribution is 0.102. The van der Waals surface area contributed by atoms with E-state index in [1.165, 1.54) is 30.6 Å². The predicted molar refractivity (Wildman–Crippen MR) is 90.0 cm³/mol. The Balaban J connectivity index is 1.63. The lowest BCUT2D eigenvalue weighted by atomic mass is 10.1. The van der Waals surface area contributed by atoms with Crippen LogP contribution in [0, 0.1) is 0 Å². The van der Waals surface area contributed by atoms with Crippen LogP contribution in [0.25, 0.3) is 0 Å². The molecule has 1 aliphatic heterocycles. The van der Waals surface area contributed by atoms with E-state index < -0.39 is 0 Å². The molecule has 1 aromatic carbocycles. The van der Waals surface area contributed by atoms with Crippen LogP contribution in [-0.4, -0.2) is 41.2 Å². The van der Waals surface area contributed by atoms with Crippen molar-refractivity contribution in [1.29, 1.82) is 0 Å². The molecule has 1 amide bonds. The SMILES string of the molecule is COc1ccccc1C(=O)Nc1nnc(CN2CCCCC2)s1. The summed E-state index contributed by atoms with van der Waals surface area (Å²) in [6.45, 7) is 3.03. The average molecular weight is 332 g/mol. The second-order valence-corrected chi connectivity index (χ2v) is 6.55. The maximum Gasteiger partial charge on any atom is 0.261 e. The number of amides is 1. The van der Waals surface area contributed by atoms with Gasteiger partial charge in [-0.15, -0.1) is 10.2 Å². The number of carbonyl (C=O) groups is 1. The van der Waals surface area contributed by atoms with E-state index in [4.69, 9.17) is 4.74 Å². The Kier molecular flexibility index (Phi) is 5.19. The second-order valence-electron chi connectivity index (χ2n) is 5.49. The number of piperidine rings is 1. The highest BCUT2D eigenvalue weighted by Crippen LogP contribution is 2.22. The molecule has 1 fully saturated rings. The first-order valence-electron chi connectivity index (χ1n) is 7.75. The van der Waals surface area contributed by atoms with Crippen LogP contribution in [0.5, 0.6) is 5.75 Å². The number of ether oxygens (including phenoxy) is 1. The number of hydrogen-bond donors (Lipinski definition) is 1. The van der Waals surface area contributed by atoms with E-state index in [9.17, 15) is 4.79 Å². The Morgan fingerprint density at radius 3 is 2.83 bits per heavy atom. The summed E-state index contributed by atoms with van der Waals surface area (Å²) < 4.78 is 5.21. The van der Waals surface area contributed by atoms with Crippen LogP contribution in [0.1, 0.15) is 34.6 Å². The first kappa shape index (κ1) is 15.9. The Morgan fingerprint density at radius 2 is 2.04 bits per heavy atom. The summed E-state index contributed by atoms with van der Waals surface area (Å²) in [5, 5.41) is 12.5. The minimum atomic E-state index is -0.233. The molecule has 1 aromatic heterocycles. The molecular weight excluding hydrogens is 312 g/mol. The fourth-order valence-electron chi connectivity index (χ4n) is 2.67. The quantitative estimate of drug-likeness (QED) is 0.912. The van der Waals surface area contributed by atoms with Crippen molar-refractivity contribution < 1.29 is 9.53 Å². The van der Waals surface area contributed by atoms with Gasteiger partial charge in [-0.25, -0.2) is 0 Å². The van der Waals surface area contributed by atoms with Crippen molar-refractivity contribution in [2.45, 2.75) is 25.8 Å². The van der Waals surface area contributed by atoms with E-state index in [-0.39, 0.29) is 5.91 Å². The summed E-state index contributed by atoms with van der Waals surface area (Å²) in [5.41, 5.74) is 0.489. The zero-order valence-electron chi connectivity index (χ0n) is 13.1. The molecule has 0 spiro atoms. The summed E-state index contributed by atoms with van der Waals surface area (Å²) in [6.07, 6.45) is 3.80. The number of aromatic nitrogens is 2. The van der Waals surface area contributed by atoms with Gasteiger partial charge in [-0.05, 0) is 38.1 Å². The van der Waals surface area contributed by atoms with E-state index in [0.717, 1.165) is 24.6 Å². The molecule has 0 aliphatic carbocycles. The first-order valence-corrected chi connectivity index (χ1v) is 8.57. The van der Waals surface area contributed by atoms with E-state index in [2.05, 4.69) is 20.4 Å². The van der Waals surface area contributed by atoms with Gasteiger partial charge in [0.1, 0.15) is 10.8 Å². The number of methoxy groups -OCH3 is 1. The smallest absolute Gasteiger partial charge is 0.261 e. The molecule has 3 rings (SSSR count). The lowest BCUT2D eigenvalue weighted by Crippen LogP contribution is -2.28. The molecule has 0 saturated carbocycles. The third-order valence-electron chi connectivity index (χ3n) is 3.85. The Hall–Kier alpha value is -1.99. The van der Waals surface area contributed by atoms with Gasteiger partial charge in [0.15, 0.2) is 0 Å². The standard InChI is InChI=1S/C16H20N4O2S/c1-22-13-8-4-3-7-12(13)15(21)17-16-19-18-14(23-16)11-20-9-5-2-6-10-20/h3-4,7-8H,2,5-6,9-11H2,1H3,(H,17,19,21). The third-order valence-corrected chi connectivity index (χ3v) is 4.67. The highest BCUT2D eigenvalue weighted by atomic mass is 32.1. The number of benzene rings is 1. The van der Waals surface area contributed by atoms with E-state index in [0.29, 0.717) is 16.4 Å². The molecule has 0 atom stereocenters. The monoisotopic (exact) mass is 332 g/mol. The minimum Gasteiger partial charge on any atom is -0.496 e. The van der Waals surface area contributed by atoms with Gasteiger partial charge in [0.2, 0.25) is 5.13 Å². The van der Waals surface area contributed by atoms with Crippen molar-refractivity contribution in [3.8, 4) is 5.75 Å². The molecule has 23 heavy (non-hydrogen) atoms. The predicted octanol–water partition coefficient (Wildman–Crippen LogP) is 2.78. The molecule has 0 bridgehead atoms. The van der Waals surface area contributed by atoms with Crippen LogP contribution < -0.4 is 10.1 Å². The normalized spacial score (nSPS) is 15.3. The van der Waals surface area contributed by atoms with Gasteiger partial charge in [0.25, 0.3) is 5.91 Å². The molecular formula is C16H20N4O2S. The van der Waals surface area contributed by atoms with Gasteiger partial charge in [-0.2, -0.15) is 0 Å². The Bertz CT molecular complexity index is 668. The van der Waals surface area contributed by atoms with Crippen molar-refractivity contribution in [2.24, 2.45) is 0 Å².